The summed E-state index contributed by atoms with van der Waals surface area (Å²) >= 11 is 7.61. The average molecular weight is 564 g/mol. The number of halogens is 3. The molecular formula is C27H28ClF2N3O4S. The van der Waals surface area contributed by atoms with Crippen molar-refractivity contribution >= 4 is 55.7 Å². The van der Waals surface area contributed by atoms with Gasteiger partial charge >= 0.3 is 11.9 Å². The van der Waals surface area contributed by atoms with E-state index < -0.39 is 42.0 Å². The van der Waals surface area contributed by atoms with Crippen molar-refractivity contribution in [2.24, 2.45) is 5.92 Å². The minimum Gasteiger partial charge on any atom is -0.481 e. The molecule has 11 heteroatoms. The number of ether oxygens (including phenoxy) is 1. The minimum absolute atomic E-state index is 0.0397. The third-order valence-corrected chi connectivity index (χ3v) is 8.37. The summed E-state index contributed by atoms with van der Waals surface area (Å²) in [7, 11) is 0. The van der Waals surface area contributed by atoms with Gasteiger partial charge in [0.1, 0.15) is 5.82 Å². The topological polar surface area (TPSA) is 91.8 Å². The number of benzene rings is 2. The largest absolute Gasteiger partial charge is 0.481 e. The van der Waals surface area contributed by atoms with Crippen LogP contribution >= 0.6 is 22.9 Å². The van der Waals surface area contributed by atoms with Gasteiger partial charge in [-0.25, -0.2) is 14.3 Å². The average Bonchev–Trinajstić information content (AvgIpc) is 3.57. The van der Waals surface area contributed by atoms with Crippen LogP contribution in [0.1, 0.15) is 44.1 Å². The standard InChI is InChI=1S/C27H28ClF2N3O4S/c28-18-13-17(24(29)21(15-18)32-26-31-20-5-1-2-6-22(20)38-26)14-23(34)27(30,33-11-3-4-12-33)37-19-9-7-16(8-10-19)25(35)36/h1-2,5-6,13,15-16,19H,3-4,7-12,14H2,(H,31,32)(H,35,36). The van der Waals surface area contributed by atoms with Crippen molar-refractivity contribution < 1.29 is 28.2 Å². The first-order valence-electron chi connectivity index (χ1n) is 12.7. The molecular weight excluding hydrogens is 536 g/mol. The number of nitrogens with one attached hydrogen (secondary N) is 1. The number of thiazole rings is 1. The first kappa shape index (κ1) is 26.9. The lowest BCUT2D eigenvalue weighted by Crippen LogP contribution is -2.54. The van der Waals surface area contributed by atoms with Crippen LogP contribution in [0.4, 0.5) is 19.6 Å². The molecule has 1 saturated heterocycles. The number of carboxylic acid groups (broad SMARTS) is 1. The van der Waals surface area contributed by atoms with Crippen molar-refractivity contribution in [1.82, 2.24) is 9.88 Å². The number of hydrogen-bond acceptors (Lipinski definition) is 7. The van der Waals surface area contributed by atoms with Gasteiger partial charge in [0.05, 0.1) is 27.9 Å². The fraction of sp³-hybridized carbons (Fsp3) is 0.444. The molecule has 2 fully saturated rings. The smallest absolute Gasteiger partial charge is 0.330 e. The molecule has 202 valence electrons. The van der Waals surface area contributed by atoms with Gasteiger partial charge in [0.15, 0.2) is 5.13 Å². The van der Waals surface area contributed by atoms with E-state index in [9.17, 15) is 14.7 Å². The van der Waals surface area contributed by atoms with Crippen LogP contribution in [0.2, 0.25) is 5.02 Å². The number of alkyl halides is 1. The first-order chi connectivity index (χ1) is 18.2. The van der Waals surface area contributed by atoms with Crippen LogP contribution in [0.5, 0.6) is 0 Å². The maximum absolute atomic E-state index is 16.5. The van der Waals surface area contributed by atoms with Gasteiger partial charge < -0.3 is 15.2 Å². The van der Waals surface area contributed by atoms with Crippen molar-refractivity contribution in [2.45, 2.75) is 57.0 Å². The summed E-state index contributed by atoms with van der Waals surface area (Å²) in [5.41, 5.74) is 0.753. The molecule has 38 heavy (non-hydrogen) atoms. The van der Waals surface area contributed by atoms with E-state index in [0.717, 1.165) is 23.1 Å². The van der Waals surface area contributed by atoms with E-state index in [1.165, 1.54) is 28.4 Å². The Morgan fingerprint density at radius 3 is 2.58 bits per heavy atom. The van der Waals surface area contributed by atoms with Crippen molar-refractivity contribution in [3.8, 4) is 0 Å². The number of Topliss-reactive ketones (excluding diaryl/α,β-unsaturated/α-hetero) is 1. The lowest BCUT2D eigenvalue weighted by molar-refractivity contribution is -0.252. The summed E-state index contributed by atoms with van der Waals surface area (Å²) < 4.78 is 38.8. The van der Waals surface area contributed by atoms with Crippen molar-refractivity contribution in [2.75, 3.05) is 18.4 Å². The first-order valence-corrected chi connectivity index (χ1v) is 13.9. The molecule has 3 aromatic rings. The van der Waals surface area contributed by atoms with Gasteiger partial charge in [0.25, 0.3) is 0 Å². The van der Waals surface area contributed by atoms with Crippen LogP contribution in [-0.4, -0.2) is 51.9 Å². The fourth-order valence-corrected chi connectivity index (χ4v) is 6.28. The number of rotatable bonds is 9. The zero-order valence-electron chi connectivity index (χ0n) is 20.6. The molecule has 2 aliphatic rings. The molecule has 1 saturated carbocycles. The number of carbonyl (C=O) groups excluding carboxylic acids is 1. The summed E-state index contributed by atoms with van der Waals surface area (Å²) in [4.78, 5) is 30.5. The van der Waals surface area contributed by atoms with Gasteiger partial charge in [-0.2, -0.15) is 4.39 Å². The normalized spacial score (nSPS) is 21.9. The quantitative estimate of drug-likeness (QED) is 0.294. The van der Waals surface area contributed by atoms with E-state index in [1.807, 2.05) is 24.3 Å². The molecule has 5 rings (SSSR count). The highest BCUT2D eigenvalue weighted by Crippen LogP contribution is 2.36. The van der Waals surface area contributed by atoms with Gasteiger partial charge in [-0.05, 0) is 68.4 Å². The molecule has 1 aromatic heterocycles. The van der Waals surface area contributed by atoms with E-state index in [-0.39, 0.29) is 16.3 Å². The number of likely N-dealkylation sites (tertiary alicyclic amines) is 1. The summed E-state index contributed by atoms with van der Waals surface area (Å²) in [6.45, 7) is 0.685. The highest BCUT2D eigenvalue weighted by Gasteiger charge is 2.49. The zero-order chi connectivity index (χ0) is 26.9. The van der Waals surface area contributed by atoms with Gasteiger partial charge in [-0.1, -0.05) is 35.1 Å². The molecule has 1 aliphatic carbocycles. The maximum Gasteiger partial charge on any atom is 0.330 e. The molecule has 2 N–H and O–H groups in total. The SMILES string of the molecule is O=C(O)C1CCC(OC(F)(C(=O)Cc2cc(Cl)cc(Nc3nc4ccccc4s3)c2F)N2CCCC2)CC1. The Labute approximate surface area is 227 Å². The summed E-state index contributed by atoms with van der Waals surface area (Å²) in [5, 5.41) is 12.8. The summed E-state index contributed by atoms with van der Waals surface area (Å²) in [6.07, 6.45) is 1.67. The molecule has 7 nitrogen and oxygen atoms in total. The van der Waals surface area contributed by atoms with Crippen LogP contribution in [-0.2, 0) is 20.7 Å². The van der Waals surface area contributed by atoms with Crippen molar-refractivity contribution in [1.29, 1.82) is 0 Å². The van der Waals surface area contributed by atoms with Crippen LogP contribution in [0.15, 0.2) is 36.4 Å². The minimum atomic E-state index is -2.73. The Bertz CT molecular complexity index is 1310. The van der Waals surface area contributed by atoms with Crippen molar-refractivity contribution in [3.05, 3.63) is 52.8 Å². The monoisotopic (exact) mass is 563 g/mol. The molecule has 2 heterocycles. The molecule has 0 amide bonds. The summed E-state index contributed by atoms with van der Waals surface area (Å²) in [6, 6.07) is 10.2. The van der Waals surface area contributed by atoms with E-state index >= 15 is 8.78 Å². The maximum atomic E-state index is 16.5. The van der Waals surface area contributed by atoms with Crippen LogP contribution < -0.4 is 5.32 Å². The molecule has 0 spiro atoms. The fourth-order valence-electron chi connectivity index (χ4n) is 5.16. The van der Waals surface area contributed by atoms with E-state index in [4.69, 9.17) is 16.3 Å². The number of aliphatic carboxylic acids is 1. The van der Waals surface area contributed by atoms with Crippen LogP contribution in [0.3, 0.4) is 0 Å². The zero-order valence-corrected chi connectivity index (χ0v) is 22.2. The summed E-state index contributed by atoms with van der Waals surface area (Å²) in [5.74, 6) is -5.72. The third kappa shape index (κ3) is 5.68. The Morgan fingerprint density at radius 2 is 1.89 bits per heavy atom. The van der Waals surface area contributed by atoms with Gasteiger partial charge in [0.2, 0.25) is 5.78 Å². The Kier molecular flexibility index (Phi) is 7.95. The molecule has 1 atom stereocenters. The lowest BCUT2D eigenvalue weighted by Gasteiger charge is -2.37. The van der Waals surface area contributed by atoms with Gasteiger partial charge in [0, 0.05) is 24.5 Å². The Hall–Kier alpha value is -2.66. The number of carboxylic acids is 1. The predicted octanol–water partition coefficient (Wildman–Crippen LogP) is 6.32. The second-order valence-electron chi connectivity index (χ2n) is 9.82. The van der Waals surface area contributed by atoms with Gasteiger partial charge in [-0.15, -0.1) is 0 Å². The number of carbonyl (C=O) groups is 2. The molecule has 2 aromatic carbocycles. The predicted molar refractivity (Wildman–Crippen MR) is 142 cm³/mol. The molecule has 0 bridgehead atoms. The number of hydrogen-bond donors (Lipinski definition) is 2. The van der Waals surface area contributed by atoms with E-state index in [1.54, 1.807) is 0 Å². The number of nitrogens with zero attached hydrogens (tertiary/aromatic N) is 2. The second kappa shape index (κ2) is 11.2. The molecule has 0 radical (unpaired) electrons. The number of ketones is 1. The number of fused-ring (bicyclic) bond motifs is 1. The molecule has 1 unspecified atom stereocenters. The highest BCUT2D eigenvalue weighted by atomic mass is 35.5. The van der Waals surface area contributed by atoms with E-state index in [2.05, 4.69) is 10.3 Å². The number of aromatic nitrogens is 1. The van der Waals surface area contributed by atoms with E-state index in [0.29, 0.717) is 43.9 Å². The van der Waals surface area contributed by atoms with Crippen LogP contribution in [0, 0.1) is 11.7 Å². The Morgan fingerprint density at radius 1 is 1.18 bits per heavy atom. The third-order valence-electron chi connectivity index (χ3n) is 7.20. The Balaban J connectivity index is 1.36. The second-order valence-corrected chi connectivity index (χ2v) is 11.3. The van der Waals surface area contributed by atoms with Gasteiger partial charge in [-0.3, -0.25) is 9.59 Å². The molecule has 1 aliphatic heterocycles. The number of anilines is 2. The van der Waals surface area contributed by atoms with Crippen LogP contribution in [0.25, 0.3) is 10.2 Å². The number of para-hydroxylation sites is 1. The van der Waals surface area contributed by atoms with Crippen molar-refractivity contribution in [3.63, 3.8) is 0 Å². The lowest BCUT2D eigenvalue weighted by atomic mass is 9.87. The highest BCUT2D eigenvalue weighted by molar-refractivity contribution is 7.22.